The molecule has 0 saturated carbocycles. The van der Waals surface area contributed by atoms with Gasteiger partial charge in [0.15, 0.2) is 11.5 Å². The number of piperidine rings is 1. The summed E-state index contributed by atoms with van der Waals surface area (Å²) in [5.74, 6) is 0.00552. The van der Waals surface area contributed by atoms with E-state index in [4.69, 9.17) is 9.47 Å². The van der Waals surface area contributed by atoms with Crippen LogP contribution in [-0.4, -0.2) is 52.7 Å². The standard InChI is InChI=1S/C21H27N3O3/c1-15(2)16-4-6-17(7-5-16)19-14-18(22-23(19)3)20(25)24-10-8-21(9-11-24)26-12-13-27-21/h4-7,14-15H,8-13H2,1-3H3. The molecule has 1 amide bonds. The molecule has 2 fully saturated rings. The van der Waals surface area contributed by atoms with Gasteiger partial charge in [0.2, 0.25) is 0 Å². The number of hydrogen-bond donors (Lipinski definition) is 0. The van der Waals surface area contributed by atoms with Crippen molar-refractivity contribution in [3.05, 3.63) is 41.6 Å². The fourth-order valence-corrected chi connectivity index (χ4v) is 3.88. The minimum Gasteiger partial charge on any atom is -0.347 e. The van der Waals surface area contributed by atoms with Crippen molar-refractivity contribution < 1.29 is 14.3 Å². The highest BCUT2D eigenvalue weighted by atomic mass is 16.7. The predicted molar refractivity (Wildman–Crippen MR) is 103 cm³/mol. The highest BCUT2D eigenvalue weighted by Crippen LogP contribution is 2.32. The molecular weight excluding hydrogens is 342 g/mol. The molecule has 27 heavy (non-hydrogen) atoms. The Morgan fingerprint density at radius 2 is 1.74 bits per heavy atom. The van der Waals surface area contributed by atoms with Crippen molar-refractivity contribution in [1.82, 2.24) is 14.7 Å². The van der Waals surface area contributed by atoms with E-state index in [9.17, 15) is 4.79 Å². The molecule has 2 aliphatic rings. The number of ether oxygens (including phenoxy) is 2. The Balaban J connectivity index is 1.48. The van der Waals surface area contributed by atoms with Crippen molar-refractivity contribution >= 4 is 5.91 Å². The molecule has 0 atom stereocenters. The van der Waals surface area contributed by atoms with Gasteiger partial charge in [-0.05, 0) is 23.1 Å². The lowest BCUT2D eigenvalue weighted by Crippen LogP contribution is -2.47. The number of aryl methyl sites for hydroxylation is 1. The lowest BCUT2D eigenvalue weighted by molar-refractivity contribution is -0.181. The molecule has 3 heterocycles. The molecular formula is C21H27N3O3. The first-order valence-corrected chi connectivity index (χ1v) is 9.69. The molecule has 1 aromatic carbocycles. The molecule has 0 radical (unpaired) electrons. The normalized spacial score (nSPS) is 19.2. The first-order chi connectivity index (χ1) is 13.0. The van der Waals surface area contributed by atoms with Crippen molar-refractivity contribution in [2.75, 3.05) is 26.3 Å². The van der Waals surface area contributed by atoms with Crippen molar-refractivity contribution in [2.45, 2.75) is 38.4 Å². The maximum Gasteiger partial charge on any atom is 0.274 e. The summed E-state index contributed by atoms with van der Waals surface area (Å²) in [6, 6.07) is 10.4. The second-order valence-corrected chi connectivity index (χ2v) is 7.71. The van der Waals surface area contributed by atoms with E-state index < -0.39 is 5.79 Å². The minimum absolute atomic E-state index is 0.0245. The molecule has 6 nitrogen and oxygen atoms in total. The second kappa shape index (κ2) is 7.09. The Hall–Kier alpha value is -2.18. The lowest BCUT2D eigenvalue weighted by atomic mass is 10.0. The van der Waals surface area contributed by atoms with Crippen LogP contribution in [0, 0.1) is 0 Å². The van der Waals surface area contributed by atoms with E-state index in [1.807, 2.05) is 18.0 Å². The van der Waals surface area contributed by atoms with Gasteiger partial charge in [0.1, 0.15) is 0 Å². The Morgan fingerprint density at radius 1 is 1.11 bits per heavy atom. The fourth-order valence-electron chi connectivity index (χ4n) is 3.88. The van der Waals surface area contributed by atoms with Crippen LogP contribution in [0.3, 0.4) is 0 Å². The molecule has 2 saturated heterocycles. The van der Waals surface area contributed by atoms with Crippen molar-refractivity contribution in [2.24, 2.45) is 7.05 Å². The number of hydrogen-bond acceptors (Lipinski definition) is 4. The van der Waals surface area contributed by atoms with Crippen LogP contribution in [0.5, 0.6) is 0 Å². The number of benzene rings is 1. The van der Waals surface area contributed by atoms with E-state index >= 15 is 0 Å². The molecule has 0 unspecified atom stereocenters. The lowest BCUT2D eigenvalue weighted by Gasteiger charge is -2.37. The molecule has 4 rings (SSSR count). The van der Waals surface area contributed by atoms with E-state index in [1.54, 1.807) is 4.68 Å². The van der Waals surface area contributed by atoms with Gasteiger partial charge in [-0.3, -0.25) is 9.48 Å². The third-order valence-corrected chi connectivity index (χ3v) is 5.60. The highest BCUT2D eigenvalue weighted by Gasteiger charge is 2.41. The topological polar surface area (TPSA) is 56.6 Å². The van der Waals surface area contributed by atoms with Gasteiger partial charge in [0.05, 0.1) is 18.9 Å². The summed E-state index contributed by atoms with van der Waals surface area (Å²) in [4.78, 5) is 14.8. The van der Waals surface area contributed by atoms with E-state index in [0.717, 1.165) is 24.1 Å². The number of carbonyl (C=O) groups is 1. The van der Waals surface area contributed by atoms with Gasteiger partial charge in [0.25, 0.3) is 5.91 Å². The van der Waals surface area contributed by atoms with Crippen LogP contribution < -0.4 is 0 Å². The third kappa shape index (κ3) is 3.51. The highest BCUT2D eigenvalue weighted by molar-refractivity contribution is 5.93. The molecule has 6 heteroatoms. The van der Waals surface area contributed by atoms with Gasteiger partial charge in [-0.15, -0.1) is 0 Å². The number of rotatable bonds is 3. The number of nitrogens with zero attached hydrogens (tertiary/aromatic N) is 3. The average molecular weight is 369 g/mol. The van der Waals surface area contributed by atoms with E-state index in [0.29, 0.717) is 37.9 Å². The Labute approximate surface area is 160 Å². The monoisotopic (exact) mass is 369 g/mol. The molecule has 0 N–H and O–H groups in total. The number of aromatic nitrogens is 2. The average Bonchev–Trinajstić information content (AvgIpc) is 3.29. The van der Waals surface area contributed by atoms with Crippen LogP contribution in [-0.2, 0) is 16.5 Å². The van der Waals surface area contributed by atoms with Gasteiger partial charge in [0, 0.05) is 33.0 Å². The van der Waals surface area contributed by atoms with Crippen molar-refractivity contribution in [3.8, 4) is 11.3 Å². The van der Waals surface area contributed by atoms with Crippen molar-refractivity contribution in [1.29, 1.82) is 0 Å². The van der Waals surface area contributed by atoms with Gasteiger partial charge in [-0.1, -0.05) is 38.1 Å². The molecule has 0 bridgehead atoms. The fraction of sp³-hybridized carbons (Fsp3) is 0.524. The van der Waals surface area contributed by atoms with Crippen molar-refractivity contribution in [3.63, 3.8) is 0 Å². The molecule has 2 aliphatic heterocycles. The van der Waals surface area contributed by atoms with Crippen LogP contribution >= 0.6 is 0 Å². The molecule has 1 aromatic heterocycles. The summed E-state index contributed by atoms with van der Waals surface area (Å²) in [5, 5.41) is 4.47. The van der Waals surface area contributed by atoms with Gasteiger partial charge >= 0.3 is 0 Å². The third-order valence-electron chi connectivity index (χ3n) is 5.60. The zero-order valence-electron chi connectivity index (χ0n) is 16.3. The maximum atomic E-state index is 12.9. The van der Waals surface area contributed by atoms with E-state index in [1.165, 1.54) is 5.56 Å². The van der Waals surface area contributed by atoms with E-state index in [2.05, 4.69) is 43.2 Å². The summed E-state index contributed by atoms with van der Waals surface area (Å²) >= 11 is 0. The molecule has 1 spiro atoms. The molecule has 0 aliphatic carbocycles. The summed E-state index contributed by atoms with van der Waals surface area (Å²) in [6.45, 7) is 6.92. The minimum atomic E-state index is -0.468. The van der Waals surface area contributed by atoms with Crippen LogP contribution in [0.25, 0.3) is 11.3 Å². The number of amides is 1. The zero-order valence-corrected chi connectivity index (χ0v) is 16.3. The van der Waals surface area contributed by atoms with Gasteiger partial charge < -0.3 is 14.4 Å². The molecule has 2 aromatic rings. The summed E-state index contributed by atoms with van der Waals surface area (Å²) in [7, 11) is 1.88. The summed E-state index contributed by atoms with van der Waals surface area (Å²) in [6.07, 6.45) is 1.43. The maximum absolute atomic E-state index is 12.9. The zero-order chi connectivity index (χ0) is 19.0. The van der Waals surface area contributed by atoms with Crippen LogP contribution in [0.2, 0.25) is 0 Å². The Morgan fingerprint density at radius 3 is 2.33 bits per heavy atom. The Bertz CT molecular complexity index is 810. The smallest absolute Gasteiger partial charge is 0.274 e. The quantitative estimate of drug-likeness (QED) is 0.834. The second-order valence-electron chi connectivity index (χ2n) is 7.71. The largest absolute Gasteiger partial charge is 0.347 e. The van der Waals surface area contributed by atoms with Crippen LogP contribution in [0.15, 0.2) is 30.3 Å². The van der Waals surface area contributed by atoms with Gasteiger partial charge in [-0.2, -0.15) is 5.10 Å². The van der Waals surface area contributed by atoms with E-state index in [-0.39, 0.29) is 5.91 Å². The summed E-state index contributed by atoms with van der Waals surface area (Å²) < 4.78 is 13.3. The van der Waals surface area contributed by atoms with Crippen LogP contribution in [0.4, 0.5) is 0 Å². The first kappa shape index (κ1) is 18.2. The van der Waals surface area contributed by atoms with Crippen LogP contribution in [0.1, 0.15) is 48.7 Å². The SMILES string of the molecule is CC(C)c1ccc(-c2cc(C(=O)N3CCC4(CC3)OCCO4)nn2C)cc1. The van der Waals surface area contributed by atoms with Gasteiger partial charge in [-0.25, -0.2) is 0 Å². The number of likely N-dealkylation sites (tertiary alicyclic amines) is 1. The Kier molecular flexibility index (Phi) is 4.78. The number of carbonyl (C=O) groups excluding carboxylic acids is 1. The first-order valence-electron chi connectivity index (χ1n) is 9.69. The molecule has 144 valence electrons. The summed E-state index contributed by atoms with van der Waals surface area (Å²) in [5.41, 5.74) is 3.81. The predicted octanol–water partition coefficient (Wildman–Crippen LogP) is 3.19.